The maximum absolute atomic E-state index is 5.03. The molecule has 0 aliphatic carbocycles. The van der Waals surface area contributed by atoms with Gasteiger partial charge in [0.2, 0.25) is 0 Å². The highest BCUT2D eigenvalue weighted by Gasteiger charge is 1.82. The highest BCUT2D eigenvalue weighted by Crippen LogP contribution is 1.72. The van der Waals surface area contributed by atoms with Crippen molar-refractivity contribution in [2.45, 2.75) is 13.1 Å². The number of hydrogen-bond donors (Lipinski definition) is 0. The van der Waals surface area contributed by atoms with Gasteiger partial charge in [-0.3, -0.25) is 0 Å². The van der Waals surface area contributed by atoms with E-state index in [2.05, 4.69) is 13.1 Å². The highest BCUT2D eigenvalue weighted by atomic mass is 28.3. The number of hydrogen-bond acceptors (Lipinski definition) is 1. The van der Waals surface area contributed by atoms with Crippen LogP contribution < -0.4 is 0 Å². The Labute approximate surface area is 43.1 Å². The maximum atomic E-state index is 5.03. The maximum Gasteiger partial charge on any atom is 0.156 e. The van der Waals surface area contributed by atoms with E-state index in [-0.39, 0.29) is 5.48 Å². The van der Waals surface area contributed by atoms with Crippen LogP contribution in [0.1, 0.15) is 0 Å². The quantitative estimate of drug-likeness (QED) is 0.390. The molecule has 0 rings (SSSR count). The van der Waals surface area contributed by atoms with Crippen LogP contribution in [-0.4, -0.2) is 25.0 Å². The third kappa shape index (κ3) is 8.84. The monoisotopic (exact) mass is 124 g/mol. The molecule has 0 radical (unpaired) electrons. The molecule has 0 bridgehead atoms. The summed E-state index contributed by atoms with van der Waals surface area (Å²) in [5.41, 5.74) is 0. The van der Waals surface area contributed by atoms with Crippen molar-refractivity contribution in [3.05, 3.63) is 0 Å². The summed E-state index contributed by atoms with van der Waals surface area (Å²) in [6, 6.07) is 0. The summed E-state index contributed by atoms with van der Waals surface area (Å²) in [6.45, 7) is 4.35. The second-order valence-corrected chi connectivity index (χ2v) is 5.27. The Bertz CT molecular complexity index is 23.5. The second kappa shape index (κ2) is 5.35. The zero-order valence-corrected chi connectivity index (χ0v) is 7.64. The third-order valence-electron chi connectivity index (χ3n) is 0.471. The van der Waals surface area contributed by atoms with Crippen molar-refractivity contribution in [1.82, 2.24) is 0 Å². The van der Waals surface area contributed by atoms with E-state index in [9.17, 15) is 0 Å². The fourth-order valence-corrected chi connectivity index (χ4v) is 0. The first-order valence-corrected chi connectivity index (χ1v) is 5.40. The van der Waals surface area contributed by atoms with E-state index in [0.717, 1.165) is 10.5 Å². The molecule has 0 aromatic rings. The molecule has 0 unspecified atom stereocenters. The molecule has 2 N–H and O–H groups in total. The normalized spacial score (nSPS) is 8.50. The van der Waals surface area contributed by atoms with Crippen molar-refractivity contribution in [3.63, 3.8) is 0 Å². The van der Waals surface area contributed by atoms with Crippen LogP contribution in [0.4, 0.5) is 0 Å². The molecule has 0 fully saturated rings. The summed E-state index contributed by atoms with van der Waals surface area (Å²) in [7, 11) is 0.347. The molecule has 0 atom stereocenters. The Hall–Kier alpha value is 0.354. The van der Waals surface area contributed by atoms with Gasteiger partial charge in [0, 0.05) is 0 Å². The molecule has 6 heavy (non-hydrogen) atoms. The summed E-state index contributed by atoms with van der Waals surface area (Å²) in [5, 5.41) is 0. The minimum atomic E-state index is -0.588. The van der Waals surface area contributed by atoms with Gasteiger partial charge in [-0.05, 0) is 13.1 Å². The van der Waals surface area contributed by atoms with Crippen LogP contribution in [0.25, 0.3) is 0 Å². The Morgan fingerprint density at radius 3 is 1.67 bits per heavy atom. The molecule has 2 nitrogen and oxygen atoms in total. The lowest BCUT2D eigenvalue weighted by atomic mass is 11.9. The Morgan fingerprint density at radius 1 is 1.50 bits per heavy atom. The predicted octanol–water partition coefficient (Wildman–Crippen LogP) is -1.56. The highest BCUT2D eigenvalue weighted by molar-refractivity contribution is 6.52. The summed E-state index contributed by atoms with van der Waals surface area (Å²) >= 11 is 0. The van der Waals surface area contributed by atoms with Gasteiger partial charge in [0.1, 0.15) is 10.5 Å². The summed E-state index contributed by atoms with van der Waals surface area (Å²) < 4.78 is 5.03. The van der Waals surface area contributed by atoms with Gasteiger partial charge in [0.15, 0.2) is 9.04 Å². The van der Waals surface area contributed by atoms with E-state index < -0.39 is 9.04 Å². The Morgan fingerprint density at radius 2 is 1.67 bits per heavy atom. The summed E-state index contributed by atoms with van der Waals surface area (Å²) in [6.07, 6.45) is 0. The smallest absolute Gasteiger partial charge is 0.156 e. The Kier molecular flexibility index (Phi) is 8.57. The van der Waals surface area contributed by atoms with Crippen LogP contribution >= 0.6 is 0 Å². The molecule has 0 aromatic carbocycles. The van der Waals surface area contributed by atoms with Crippen molar-refractivity contribution in [2.75, 3.05) is 0 Å². The molecule has 4 heteroatoms. The average Bonchev–Trinajstić information content (AvgIpc) is 1.38. The lowest BCUT2D eigenvalue weighted by molar-refractivity contribution is 0.647. The second-order valence-electron chi connectivity index (χ2n) is 1.28. The van der Waals surface area contributed by atoms with Gasteiger partial charge in [-0.2, -0.15) is 0 Å². The molecule has 0 saturated carbocycles. The van der Waals surface area contributed by atoms with E-state index in [4.69, 9.17) is 4.12 Å². The first-order chi connectivity index (χ1) is 2.27. The molecular weight excluding hydrogens is 112 g/mol. The number of rotatable bonds is 1. The third-order valence-corrected chi connectivity index (χ3v) is 4.24. The van der Waals surface area contributed by atoms with E-state index in [1.54, 1.807) is 0 Å². The van der Waals surface area contributed by atoms with Gasteiger partial charge in [-0.1, -0.05) is 0 Å². The van der Waals surface area contributed by atoms with Crippen molar-refractivity contribution in [2.24, 2.45) is 0 Å². The molecule has 0 saturated heterocycles. The van der Waals surface area contributed by atoms with Crippen LogP contribution in [0, 0.1) is 0 Å². The largest absolute Gasteiger partial charge is 0.466 e. The Balaban J connectivity index is 0. The zero-order chi connectivity index (χ0) is 4.28. The SMILES string of the molecule is C[SiH](C)O[SiH3].O. The van der Waals surface area contributed by atoms with Gasteiger partial charge in [0.05, 0.1) is 0 Å². The van der Waals surface area contributed by atoms with Gasteiger partial charge >= 0.3 is 0 Å². The topological polar surface area (TPSA) is 40.7 Å². The van der Waals surface area contributed by atoms with Crippen LogP contribution in [0.2, 0.25) is 13.1 Å². The summed E-state index contributed by atoms with van der Waals surface area (Å²) in [5.74, 6) is 0. The lowest BCUT2D eigenvalue weighted by Gasteiger charge is -1.93. The minimum absolute atomic E-state index is 0. The first-order valence-electron chi connectivity index (χ1n) is 1.80. The van der Waals surface area contributed by atoms with E-state index >= 15 is 0 Å². The molecule has 0 spiro atoms. The molecule has 0 heterocycles. The average molecular weight is 124 g/mol. The van der Waals surface area contributed by atoms with Crippen LogP contribution in [0.3, 0.4) is 0 Å². The zero-order valence-electron chi connectivity index (χ0n) is 4.49. The van der Waals surface area contributed by atoms with E-state index in [1.807, 2.05) is 0 Å². The van der Waals surface area contributed by atoms with Gasteiger partial charge in [-0.15, -0.1) is 0 Å². The summed E-state index contributed by atoms with van der Waals surface area (Å²) in [4.78, 5) is 0. The molecule has 40 valence electrons. The molecule has 0 aliphatic heterocycles. The van der Waals surface area contributed by atoms with Crippen molar-refractivity contribution < 1.29 is 9.59 Å². The first kappa shape index (κ1) is 9.61. The van der Waals surface area contributed by atoms with Gasteiger partial charge in [-0.25, -0.2) is 0 Å². The van der Waals surface area contributed by atoms with Crippen LogP contribution in [-0.2, 0) is 4.12 Å². The van der Waals surface area contributed by atoms with Crippen molar-refractivity contribution in [1.29, 1.82) is 0 Å². The van der Waals surface area contributed by atoms with E-state index in [0.29, 0.717) is 0 Å². The van der Waals surface area contributed by atoms with Crippen LogP contribution in [0.15, 0.2) is 0 Å². The fourth-order valence-electron chi connectivity index (χ4n) is 0. The van der Waals surface area contributed by atoms with Crippen molar-refractivity contribution >= 4 is 19.5 Å². The van der Waals surface area contributed by atoms with Crippen molar-refractivity contribution in [3.8, 4) is 0 Å². The standard InChI is InChI=1S/C2H10OSi2.H2O/c1-5(2)3-4;/h5H,1-2,4H3;1H2. The molecule has 0 amide bonds. The van der Waals surface area contributed by atoms with Gasteiger partial charge in [0.25, 0.3) is 0 Å². The van der Waals surface area contributed by atoms with Gasteiger partial charge < -0.3 is 9.59 Å². The lowest BCUT2D eigenvalue weighted by Crippen LogP contribution is -2.02. The fraction of sp³-hybridized carbons (Fsp3) is 1.00. The molecule has 0 aliphatic rings. The molecular formula is C2H12O2Si2. The minimum Gasteiger partial charge on any atom is -0.466 e. The van der Waals surface area contributed by atoms with Crippen LogP contribution in [0.5, 0.6) is 0 Å². The van der Waals surface area contributed by atoms with E-state index in [1.165, 1.54) is 0 Å². The predicted molar refractivity (Wildman–Crippen MR) is 33.5 cm³/mol. The molecule has 0 aromatic heterocycles.